The van der Waals surface area contributed by atoms with Crippen LogP contribution in [0.1, 0.15) is 64.7 Å². The van der Waals surface area contributed by atoms with Crippen molar-refractivity contribution in [2.24, 2.45) is 0 Å². The maximum atomic E-state index is 12.4. The van der Waals surface area contributed by atoms with Crippen LogP contribution in [0.3, 0.4) is 0 Å². The highest BCUT2D eigenvalue weighted by Crippen LogP contribution is 2.23. The summed E-state index contributed by atoms with van der Waals surface area (Å²) in [5.74, 6) is 0.211. The smallest absolute Gasteiger partial charge is 0.240 e. The van der Waals surface area contributed by atoms with Crippen molar-refractivity contribution in [1.29, 1.82) is 0 Å². The molecule has 21 heavy (non-hydrogen) atoms. The Morgan fingerprint density at radius 2 is 2.05 bits per heavy atom. The second kappa shape index (κ2) is 8.14. The quantitative estimate of drug-likeness (QED) is 0.708. The van der Waals surface area contributed by atoms with Crippen LogP contribution in [0, 0.1) is 0 Å². The minimum absolute atomic E-state index is 0.211. The van der Waals surface area contributed by atoms with E-state index in [1.165, 1.54) is 32.1 Å². The monoisotopic (exact) mass is 295 g/mol. The first-order valence-corrected chi connectivity index (χ1v) is 8.91. The van der Waals surface area contributed by atoms with Gasteiger partial charge in [-0.25, -0.2) is 0 Å². The van der Waals surface area contributed by atoms with Crippen LogP contribution < -0.4 is 10.6 Å². The van der Waals surface area contributed by atoms with Crippen LogP contribution in [0.4, 0.5) is 0 Å². The molecule has 1 heterocycles. The van der Waals surface area contributed by atoms with Gasteiger partial charge in [0.15, 0.2) is 0 Å². The summed E-state index contributed by atoms with van der Waals surface area (Å²) in [7, 11) is 2.24. The van der Waals surface area contributed by atoms with Gasteiger partial charge in [0.2, 0.25) is 5.91 Å². The normalized spacial score (nSPS) is 27.2. The van der Waals surface area contributed by atoms with Gasteiger partial charge in [0, 0.05) is 12.6 Å². The van der Waals surface area contributed by atoms with Crippen molar-refractivity contribution in [2.45, 2.75) is 76.3 Å². The fraction of sp³-hybridized carbons (Fsp3) is 0.941. The molecule has 4 heteroatoms. The largest absolute Gasteiger partial charge is 0.354 e. The summed E-state index contributed by atoms with van der Waals surface area (Å²) in [5, 5.41) is 6.55. The zero-order valence-electron chi connectivity index (χ0n) is 13.9. The topological polar surface area (TPSA) is 44.4 Å². The first-order valence-electron chi connectivity index (χ1n) is 8.91. The van der Waals surface area contributed by atoms with Gasteiger partial charge in [0.25, 0.3) is 0 Å². The minimum atomic E-state index is -0.282. The predicted molar refractivity (Wildman–Crippen MR) is 87.4 cm³/mol. The maximum absolute atomic E-state index is 12.4. The average Bonchev–Trinajstić information content (AvgIpc) is 3.02. The van der Waals surface area contributed by atoms with Crippen LogP contribution in [0.15, 0.2) is 0 Å². The number of hydrogen-bond acceptors (Lipinski definition) is 3. The third kappa shape index (κ3) is 4.43. The summed E-state index contributed by atoms with van der Waals surface area (Å²) >= 11 is 0. The van der Waals surface area contributed by atoms with Crippen LogP contribution in [0.25, 0.3) is 0 Å². The molecule has 2 fully saturated rings. The second-order valence-electron chi connectivity index (χ2n) is 6.85. The lowest BCUT2D eigenvalue weighted by atomic mass is 9.93. The number of hydrogen-bond donors (Lipinski definition) is 2. The van der Waals surface area contributed by atoms with Crippen molar-refractivity contribution in [3.63, 3.8) is 0 Å². The molecule has 0 radical (unpaired) electrons. The molecule has 0 aromatic carbocycles. The molecule has 122 valence electrons. The molecule has 1 aliphatic heterocycles. The van der Waals surface area contributed by atoms with E-state index in [-0.39, 0.29) is 11.4 Å². The van der Waals surface area contributed by atoms with E-state index in [9.17, 15) is 4.79 Å². The van der Waals surface area contributed by atoms with E-state index in [1.807, 2.05) is 0 Å². The van der Waals surface area contributed by atoms with Crippen LogP contribution in [0.2, 0.25) is 0 Å². The van der Waals surface area contributed by atoms with Crippen molar-refractivity contribution < 1.29 is 4.79 Å². The Labute approximate surface area is 130 Å². The van der Waals surface area contributed by atoms with Crippen molar-refractivity contribution in [3.05, 3.63) is 0 Å². The van der Waals surface area contributed by atoms with E-state index in [1.54, 1.807) is 0 Å². The Hall–Kier alpha value is -0.610. The maximum Gasteiger partial charge on any atom is 0.240 e. The molecule has 0 aromatic rings. The van der Waals surface area contributed by atoms with Gasteiger partial charge in [-0.3, -0.25) is 4.79 Å². The lowest BCUT2D eigenvalue weighted by Crippen LogP contribution is -2.53. The molecule has 0 aromatic heterocycles. The van der Waals surface area contributed by atoms with Gasteiger partial charge in [0.1, 0.15) is 0 Å². The standard InChI is InChI=1S/C17H33N3O/c1-3-17(11-7-13-19-17)16(21)18-12-8-14-20(2)15-9-5-4-6-10-15/h15,19H,3-14H2,1-2H3,(H,18,21). The molecule has 2 aliphatic rings. The van der Waals surface area contributed by atoms with E-state index in [0.29, 0.717) is 0 Å². The first-order chi connectivity index (χ1) is 10.2. The second-order valence-corrected chi connectivity index (χ2v) is 6.85. The molecule has 2 N–H and O–H groups in total. The summed E-state index contributed by atoms with van der Waals surface area (Å²) in [6.45, 7) is 4.98. The van der Waals surface area contributed by atoms with Gasteiger partial charge in [0.05, 0.1) is 5.54 Å². The van der Waals surface area contributed by atoms with Gasteiger partial charge in [-0.15, -0.1) is 0 Å². The Morgan fingerprint density at radius 1 is 1.29 bits per heavy atom. The summed E-state index contributed by atoms with van der Waals surface area (Å²) in [6.07, 6.45) is 10.9. The Balaban J connectivity index is 1.63. The van der Waals surface area contributed by atoms with Gasteiger partial charge in [-0.05, 0) is 58.7 Å². The first kappa shape index (κ1) is 16.8. The van der Waals surface area contributed by atoms with E-state index >= 15 is 0 Å². The number of amides is 1. The van der Waals surface area contributed by atoms with E-state index in [4.69, 9.17) is 0 Å². The van der Waals surface area contributed by atoms with Crippen LogP contribution in [-0.4, -0.2) is 49.1 Å². The number of nitrogens with one attached hydrogen (secondary N) is 2. The molecule has 1 unspecified atom stereocenters. The van der Waals surface area contributed by atoms with Crippen molar-refractivity contribution in [3.8, 4) is 0 Å². The fourth-order valence-corrected chi connectivity index (χ4v) is 3.87. The zero-order chi connectivity index (χ0) is 15.1. The zero-order valence-corrected chi connectivity index (χ0v) is 13.9. The van der Waals surface area contributed by atoms with Crippen molar-refractivity contribution in [2.75, 3.05) is 26.7 Å². The molecular weight excluding hydrogens is 262 g/mol. The van der Waals surface area contributed by atoms with E-state index < -0.39 is 0 Å². The molecule has 1 saturated heterocycles. The van der Waals surface area contributed by atoms with Gasteiger partial charge < -0.3 is 15.5 Å². The Morgan fingerprint density at radius 3 is 2.67 bits per heavy atom. The molecular formula is C17H33N3O. The highest BCUT2D eigenvalue weighted by atomic mass is 16.2. The third-order valence-electron chi connectivity index (χ3n) is 5.45. The molecule has 1 saturated carbocycles. The molecule has 1 atom stereocenters. The van der Waals surface area contributed by atoms with Crippen LogP contribution in [-0.2, 0) is 4.79 Å². The summed E-state index contributed by atoms with van der Waals surface area (Å²) in [6, 6.07) is 0.771. The fourth-order valence-electron chi connectivity index (χ4n) is 3.87. The highest BCUT2D eigenvalue weighted by molar-refractivity contribution is 5.86. The van der Waals surface area contributed by atoms with Crippen LogP contribution >= 0.6 is 0 Å². The number of rotatable bonds is 7. The summed E-state index contributed by atoms with van der Waals surface area (Å²) < 4.78 is 0. The lowest BCUT2D eigenvalue weighted by Gasteiger charge is -2.31. The molecule has 1 aliphatic carbocycles. The predicted octanol–water partition coefficient (Wildman–Crippen LogP) is 2.29. The third-order valence-corrected chi connectivity index (χ3v) is 5.45. The van der Waals surface area contributed by atoms with Gasteiger partial charge in [-0.2, -0.15) is 0 Å². The Kier molecular flexibility index (Phi) is 6.49. The molecule has 0 bridgehead atoms. The van der Waals surface area contributed by atoms with E-state index in [2.05, 4.69) is 29.5 Å². The average molecular weight is 295 g/mol. The number of carbonyl (C=O) groups excluding carboxylic acids is 1. The number of nitrogens with zero attached hydrogens (tertiary/aromatic N) is 1. The summed E-state index contributed by atoms with van der Waals surface area (Å²) in [5.41, 5.74) is -0.282. The highest BCUT2D eigenvalue weighted by Gasteiger charge is 2.38. The van der Waals surface area contributed by atoms with E-state index in [0.717, 1.165) is 51.4 Å². The minimum Gasteiger partial charge on any atom is -0.354 e. The summed E-state index contributed by atoms with van der Waals surface area (Å²) in [4.78, 5) is 14.9. The molecule has 4 nitrogen and oxygen atoms in total. The molecule has 2 rings (SSSR count). The van der Waals surface area contributed by atoms with Crippen molar-refractivity contribution in [1.82, 2.24) is 15.5 Å². The van der Waals surface area contributed by atoms with Gasteiger partial charge >= 0.3 is 0 Å². The Bertz CT molecular complexity index is 320. The number of carbonyl (C=O) groups is 1. The molecule has 0 spiro atoms. The van der Waals surface area contributed by atoms with Crippen molar-refractivity contribution >= 4 is 5.91 Å². The SMILES string of the molecule is CCC1(C(=O)NCCCN(C)C2CCCCC2)CCCN1. The molecule has 1 amide bonds. The van der Waals surface area contributed by atoms with Crippen LogP contribution in [0.5, 0.6) is 0 Å². The lowest BCUT2D eigenvalue weighted by molar-refractivity contribution is -0.127. The van der Waals surface area contributed by atoms with Gasteiger partial charge in [-0.1, -0.05) is 26.2 Å².